The molecule has 1 N–H and O–H groups in total. The predicted octanol–water partition coefficient (Wildman–Crippen LogP) is 2.68. The van der Waals surface area contributed by atoms with Gasteiger partial charge in [0.15, 0.2) is 5.79 Å². The van der Waals surface area contributed by atoms with Crippen molar-refractivity contribution < 1.29 is 14.6 Å². The van der Waals surface area contributed by atoms with E-state index in [0.29, 0.717) is 0 Å². The largest absolute Gasteiger partial charge is 0.366 e. The maximum atomic E-state index is 10.3. The lowest BCUT2D eigenvalue weighted by molar-refractivity contribution is -0.197. The Balaban J connectivity index is 0. The zero-order valence-corrected chi connectivity index (χ0v) is 10.7. The molecule has 0 radical (unpaired) electrons. The molecule has 0 aromatic carbocycles. The van der Waals surface area contributed by atoms with Crippen molar-refractivity contribution in [2.45, 2.75) is 59.9 Å². The first-order chi connectivity index (χ1) is 6.90. The van der Waals surface area contributed by atoms with Crippen LogP contribution in [0.25, 0.3) is 0 Å². The van der Waals surface area contributed by atoms with Gasteiger partial charge in [-0.15, -0.1) is 0 Å². The maximum absolute atomic E-state index is 10.3. The Kier molecular flexibility index (Phi) is 9.63. The Morgan fingerprint density at radius 2 is 1.93 bits per heavy atom. The minimum Gasteiger partial charge on any atom is -0.366 e. The van der Waals surface area contributed by atoms with E-state index in [9.17, 15) is 9.90 Å². The molecule has 15 heavy (non-hydrogen) atoms. The number of hydrogen-bond acceptors (Lipinski definition) is 3. The first kappa shape index (κ1) is 16.7. The quantitative estimate of drug-likeness (QED) is 0.436. The predicted molar refractivity (Wildman–Crippen MR) is 62.6 cm³/mol. The zero-order valence-electron chi connectivity index (χ0n) is 10.7. The summed E-state index contributed by atoms with van der Waals surface area (Å²) in [7, 11) is 0. The van der Waals surface area contributed by atoms with Crippen molar-refractivity contribution in [1.29, 1.82) is 0 Å². The van der Waals surface area contributed by atoms with Crippen molar-refractivity contribution in [2.24, 2.45) is 0 Å². The number of aldehydes is 1. The monoisotopic (exact) mass is 216 g/mol. The Hall–Kier alpha value is -0.670. The van der Waals surface area contributed by atoms with Crippen molar-refractivity contribution in [3.8, 4) is 0 Å². The van der Waals surface area contributed by atoms with E-state index >= 15 is 0 Å². The van der Waals surface area contributed by atoms with Gasteiger partial charge in [-0.2, -0.15) is 0 Å². The van der Waals surface area contributed by atoms with Crippen LogP contribution < -0.4 is 0 Å². The molecular weight excluding hydrogens is 192 g/mol. The van der Waals surface area contributed by atoms with Gasteiger partial charge in [0.1, 0.15) is 6.29 Å². The smallest absolute Gasteiger partial charge is 0.160 e. The molecule has 0 saturated heterocycles. The average molecular weight is 216 g/mol. The first-order valence-corrected chi connectivity index (χ1v) is 5.37. The third-order valence-electron chi connectivity index (χ3n) is 1.70. The Morgan fingerprint density at radius 1 is 1.47 bits per heavy atom. The highest BCUT2D eigenvalue weighted by molar-refractivity contribution is 5.51. The summed E-state index contributed by atoms with van der Waals surface area (Å²) >= 11 is 0. The zero-order chi connectivity index (χ0) is 12.5. The molecule has 0 aromatic heterocycles. The van der Waals surface area contributed by atoms with Gasteiger partial charge in [-0.3, -0.25) is 0 Å². The van der Waals surface area contributed by atoms with Gasteiger partial charge in [0, 0.05) is 6.42 Å². The summed E-state index contributed by atoms with van der Waals surface area (Å²) in [5.41, 5.74) is 0.953. The summed E-state index contributed by atoms with van der Waals surface area (Å²) < 4.78 is 5.29. The molecular formula is C12H24O3. The third kappa shape index (κ3) is 9.63. The van der Waals surface area contributed by atoms with Crippen LogP contribution in [0, 0.1) is 0 Å². The molecule has 0 rings (SSSR count). The molecule has 0 fully saturated rings. The fraction of sp³-hybridized carbons (Fsp3) is 0.750. The standard InChI is InChI=1S/C10H18O3.C2H6/c1-5-8(2)9(6-7-11)13-10(3,4)12;1-2/h5,7,9,12H,6H2,1-4H3;1-2H3/b8-5-;/t9-;/m1./s1. The maximum Gasteiger partial charge on any atom is 0.160 e. The van der Waals surface area contributed by atoms with Crippen LogP contribution in [-0.4, -0.2) is 23.3 Å². The average Bonchev–Trinajstić information content (AvgIpc) is 2.17. The van der Waals surface area contributed by atoms with E-state index in [1.54, 1.807) is 13.8 Å². The molecule has 0 saturated carbocycles. The second-order valence-corrected chi connectivity index (χ2v) is 3.49. The molecule has 0 bridgehead atoms. The van der Waals surface area contributed by atoms with Crippen LogP contribution in [0.15, 0.2) is 11.6 Å². The fourth-order valence-corrected chi connectivity index (χ4v) is 0.948. The molecule has 0 spiro atoms. The second kappa shape index (κ2) is 8.62. The number of ether oxygens (including phenoxy) is 1. The molecule has 90 valence electrons. The minimum atomic E-state index is -1.20. The highest BCUT2D eigenvalue weighted by Crippen LogP contribution is 2.16. The number of carbonyl (C=O) groups excluding carboxylic acids is 1. The van der Waals surface area contributed by atoms with Crippen molar-refractivity contribution in [3.63, 3.8) is 0 Å². The van der Waals surface area contributed by atoms with E-state index in [0.717, 1.165) is 11.9 Å². The van der Waals surface area contributed by atoms with E-state index < -0.39 is 5.79 Å². The van der Waals surface area contributed by atoms with Crippen molar-refractivity contribution in [2.75, 3.05) is 0 Å². The minimum absolute atomic E-state index is 0.278. The lowest BCUT2D eigenvalue weighted by atomic mass is 10.1. The molecule has 0 unspecified atom stereocenters. The number of carbonyl (C=O) groups is 1. The molecule has 0 aliphatic rings. The summed E-state index contributed by atoms with van der Waals surface area (Å²) in [6, 6.07) is 0. The SMILES string of the molecule is C/C=C(/C)[C@@H](CC=O)OC(C)(C)O.CC. The molecule has 1 atom stereocenters. The van der Waals surface area contributed by atoms with Crippen molar-refractivity contribution in [1.82, 2.24) is 0 Å². The van der Waals surface area contributed by atoms with E-state index in [-0.39, 0.29) is 12.5 Å². The van der Waals surface area contributed by atoms with Gasteiger partial charge >= 0.3 is 0 Å². The summed E-state index contributed by atoms with van der Waals surface area (Å²) in [5, 5.41) is 9.39. The molecule has 0 aromatic rings. The van der Waals surface area contributed by atoms with Gasteiger partial charge in [-0.05, 0) is 33.3 Å². The molecule has 0 heterocycles. The molecule has 3 heteroatoms. The summed E-state index contributed by atoms with van der Waals surface area (Å²) in [6.45, 7) is 10.8. The summed E-state index contributed by atoms with van der Waals surface area (Å²) in [4.78, 5) is 10.3. The number of hydrogen-bond donors (Lipinski definition) is 1. The van der Waals surface area contributed by atoms with Crippen LogP contribution in [0.1, 0.15) is 48.0 Å². The summed E-state index contributed by atoms with van der Waals surface area (Å²) in [5.74, 6) is -1.20. The first-order valence-electron chi connectivity index (χ1n) is 5.37. The van der Waals surface area contributed by atoms with E-state index in [1.807, 2.05) is 33.8 Å². The van der Waals surface area contributed by atoms with E-state index in [4.69, 9.17) is 4.74 Å². The van der Waals surface area contributed by atoms with Gasteiger partial charge in [0.25, 0.3) is 0 Å². The molecule has 0 amide bonds. The normalized spacial score (nSPS) is 13.9. The number of aliphatic hydroxyl groups is 1. The highest BCUT2D eigenvalue weighted by atomic mass is 16.6. The van der Waals surface area contributed by atoms with Crippen LogP contribution in [0.5, 0.6) is 0 Å². The van der Waals surface area contributed by atoms with E-state index in [1.165, 1.54) is 0 Å². The van der Waals surface area contributed by atoms with Crippen molar-refractivity contribution >= 4 is 6.29 Å². The lowest BCUT2D eigenvalue weighted by Gasteiger charge is -2.25. The van der Waals surface area contributed by atoms with Crippen LogP contribution in [0.2, 0.25) is 0 Å². The third-order valence-corrected chi connectivity index (χ3v) is 1.70. The van der Waals surface area contributed by atoms with Crippen molar-refractivity contribution in [3.05, 3.63) is 11.6 Å². The highest BCUT2D eigenvalue weighted by Gasteiger charge is 2.20. The Morgan fingerprint density at radius 3 is 2.20 bits per heavy atom. The van der Waals surface area contributed by atoms with Gasteiger partial charge in [-0.25, -0.2) is 0 Å². The van der Waals surface area contributed by atoms with Gasteiger partial charge < -0.3 is 14.6 Å². The van der Waals surface area contributed by atoms with Crippen LogP contribution >= 0.6 is 0 Å². The molecule has 0 aliphatic heterocycles. The van der Waals surface area contributed by atoms with Crippen LogP contribution in [0.3, 0.4) is 0 Å². The van der Waals surface area contributed by atoms with Crippen LogP contribution in [-0.2, 0) is 9.53 Å². The van der Waals surface area contributed by atoms with Gasteiger partial charge in [0.05, 0.1) is 6.10 Å². The van der Waals surface area contributed by atoms with E-state index in [2.05, 4.69) is 0 Å². The number of rotatable bonds is 5. The molecule has 3 nitrogen and oxygen atoms in total. The Labute approximate surface area is 93.1 Å². The van der Waals surface area contributed by atoms with Gasteiger partial charge in [0.2, 0.25) is 0 Å². The van der Waals surface area contributed by atoms with Crippen LogP contribution in [0.4, 0.5) is 0 Å². The topological polar surface area (TPSA) is 46.5 Å². The van der Waals surface area contributed by atoms with Gasteiger partial charge in [-0.1, -0.05) is 19.9 Å². The second-order valence-electron chi connectivity index (χ2n) is 3.49. The fourth-order valence-electron chi connectivity index (χ4n) is 0.948. The lowest BCUT2D eigenvalue weighted by Crippen LogP contribution is -2.31. The Bertz CT molecular complexity index is 190. The summed E-state index contributed by atoms with van der Waals surface area (Å²) in [6.07, 6.45) is 2.63. The molecule has 0 aliphatic carbocycles. The number of allylic oxidation sites excluding steroid dienone is 1.